The van der Waals surface area contributed by atoms with E-state index in [0.29, 0.717) is 18.3 Å². The monoisotopic (exact) mass is 306 g/mol. The number of hydrogen-bond acceptors (Lipinski definition) is 4. The van der Waals surface area contributed by atoms with Crippen molar-refractivity contribution in [3.05, 3.63) is 22.4 Å². The average Bonchev–Trinajstić information content (AvgIpc) is 3.06. The topological polar surface area (TPSA) is 41.9 Å². The summed E-state index contributed by atoms with van der Waals surface area (Å²) in [5.41, 5.74) is 0.0507. The molecule has 1 fully saturated rings. The van der Waals surface area contributed by atoms with Crippen molar-refractivity contribution >= 4 is 23.0 Å². The van der Waals surface area contributed by atoms with Gasteiger partial charge in [-0.2, -0.15) is 0 Å². The van der Waals surface area contributed by atoms with Crippen LogP contribution in [0, 0.1) is 11.8 Å². The quantitative estimate of drug-likeness (QED) is 0.842. The van der Waals surface area contributed by atoms with Gasteiger partial charge < -0.3 is 9.74 Å². The zero-order valence-electron chi connectivity index (χ0n) is 12.8. The molecule has 2 aliphatic heterocycles. The van der Waals surface area contributed by atoms with Crippen LogP contribution in [0.15, 0.2) is 22.7 Å². The molecule has 4 nitrogen and oxygen atoms in total. The van der Waals surface area contributed by atoms with E-state index in [1.807, 2.05) is 29.3 Å². The molecule has 1 amide bonds. The standard InChI is InChI=1S/C16H22N2O2S/c1-11-7-12(2)10-18(9-11)15(19)16(3)8-13(17-20-16)14-5-4-6-21-14/h4-6,11-12H,7-10H2,1-3H3/t11-,12-,16+/m1/s1. The van der Waals surface area contributed by atoms with Crippen molar-refractivity contribution in [1.29, 1.82) is 0 Å². The summed E-state index contributed by atoms with van der Waals surface area (Å²) in [6, 6.07) is 4.02. The number of oxime groups is 1. The van der Waals surface area contributed by atoms with Gasteiger partial charge in [0.25, 0.3) is 5.91 Å². The highest BCUT2D eigenvalue weighted by atomic mass is 32.1. The van der Waals surface area contributed by atoms with Crippen molar-refractivity contribution in [2.24, 2.45) is 17.0 Å². The van der Waals surface area contributed by atoms with Crippen LogP contribution in [-0.2, 0) is 9.63 Å². The molecule has 0 aromatic carbocycles. The SMILES string of the molecule is C[C@@H]1C[C@@H](C)CN(C(=O)[C@]2(C)CC(c3cccs3)=NO2)C1. The summed E-state index contributed by atoms with van der Waals surface area (Å²) < 4.78 is 0. The zero-order chi connectivity index (χ0) is 15.0. The predicted octanol–water partition coefficient (Wildman–Crippen LogP) is 3.14. The maximum absolute atomic E-state index is 12.9. The lowest BCUT2D eigenvalue weighted by Gasteiger charge is -2.38. The first-order valence-electron chi connectivity index (χ1n) is 7.56. The zero-order valence-corrected chi connectivity index (χ0v) is 13.7. The van der Waals surface area contributed by atoms with Crippen molar-refractivity contribution in [3.63, 3.8) is 0 Å². The van der Waals surface area contributed by atoms with E-state index < -0.39 is 5.60 Å². The van der Waals surface area contributed by atoms with Crippen LogP contribution in [0.5, 0.6) is 0 Å². The fourth-order valence-corrected chi connectivity index (χ4v) is 4.10. The fraction of sp³-hybridized carbons (Fsp3) is 0.625. The van der Waals surface area contributed by atoms with Gasteiger partial charge >= 0.3 is 0 Å². The van der Waals surface area contributed by atoms with Crippen LogP contribution < -0.4 is 0 Å². The Morgan fingerprint density at radius 1 is 1.43 bits per heavy atom. The van der Waals surface area contributed by atoms with Crippen molar-refractivity contribution in [2.45, 2.75) is 39.2 Å². The number of amides is 1. The molecule has 0 unspecified atom stereocenters. The third-order valence-electron chi connectivity index (χ3n) is 4.28. The Kier molecular flexibility index (Phi) is 3.78. The number of carbonyl (C=O) groups is 1. The third kappa shape index (κ3) is 2.84. The van der Waals surface area contributed by atoms with Gasteiger partial charge in [-0.25, -0.2) is 0 Å². The minimum absolute atomic E-state index is 0.0798. The molecule has 3 atom stereocenters. The Morgan fingerprint density at radius 3 is 2.76 bits per heavy atom. The lowest BCUT2D eigenvalue weighted by molar-refractivity contribution is -0.156. The van der Waals surface area contributed by atoms with E-state index in [4.69, 9.17) is 4.84 Å². The summed E-state index contributed by atoms with van der Waals surface area (Å²) in [7, 11) is 0. The summed E-state index contributed by atoms with van der Waals surface area (Å²) >= 11 is 1.63. The number of hydrogen-bond donors (Lipinski definition) is 0. The number of piperidine rings is 1. The van der Waals surface area contributed by atoms with Gasteiger partial charge in [-0.3, -0.25) is 4.79 Å². The summed E-state index contributed by atoms with van der Waals surface area (Å²) in [5, 5.41) is 6.18. The van der Waals surface area contributed by atoms with Gasteiger partial charge in [-0.05, 0) is 36.6 Å². The van der Waals surface area contributed by atoms with E-state index in [1.165, 1.54) is 6.42 Å². The number of likely N-dealkylation sites (tertiary alicyclic amines) is 1. The Bertz CT molecular complexity index is 545. The van der Waals surface area contributed by atoms with E-state index in [1.54, 1.807) is 11.3 Å². The van der Waals surface area contributed by atoms with Crippen LogP contribution in [0.3, 0.4) is 0 Å². The molecule has 1 aromatic rings. The molecule has 0 spiro atoms. The fourth-order valence-electron chi connectivity index (χ4n) is 3.39. The van der Waals surface area contributed by atoms with Crippen molar-refractivity contribution in [3.8, 4) is 0 Å². The largest absolute Gasteiger partial charge is 0.379 e. The van der Waals surface area contributed by atoms with E-state index in [-0.39, 0.29) is 5.91 Å². The van der Waals surface area contributed by atoms with Gasteiger partial charge in [0, 0.05) is 19.5 Å². The lowest BCUT2D eigenvalue weighted by Crippen LogP contribution is -2.52. The Balaban J connectivity index is 1.71. The highest BCUT2D eigenvalue weighted by Crippen LogP contribution is 2.32. The van der Waals surface area contributed by atoms with Gasteiger partial charge in [0.1, 0.15) is 5.71 Å². The second-order valence-electron chi connectivity index (χ2n) is 6.67. The summed E-state index contributed by atoms with van der Waals surface area (Å²) in [4.78, 5) is 21.5. The normalized spacial score (nSPS) is 32.7. The van der Waals surface area contributed by atoms with Crippen LogP contribution >= 0.6 is 11.3 Å². The van der Waals surface area contributed by atoms with Gasteiger partial charge in [0.05, 0.1) is 4.88 Å². The second-order valence-corrected chi connectivity index (χ2v) is 7.62. The second kappa shape index (κ2) is 5.44. The molecule has 1 saturated heterocycles. The molecule has 0 saturated carbocycles. The molecule has 3 heterocycles. The molecule has 0 radical (unpaired) electrons. The van der Waals surface area contributed by atoms with Gasteiger partial charge in [0.2, 0.25) is 5.60 Å². The first-order chi connectivity index (χ1) is 9.98. The number of thiophene rings is 1. The van der Waals surface area contributed by atoms with E-state index in [9.17, 15) is 4.79 Å². The number of carbonyl (C=O) groups excluding carboxylic acids is 1. The Morgan fingerprint density at radius 2 is 2.14 bits per heavy atom. The molecular formula is C16H22N2O2S. The van der Waals surface area contributed by atoms with Crippen molar-refractivity contribution in [2.75, 3.05) is 13.1 Å². The molecule has 1 aromatic heterocycles. The van der Waals surface area contributed by atoms with Crippen LogP contribution in [0.2, 0.25) is 0 Å². The van der Waals surface area contributed by atoms with Crippen LogP contribution in [0.1, 0.15) is 38.5 Å². The first kappa shape index (κ1) is 14.6. The maximum atomic E-state index is 12.9. The molecule has 0 N–H and O–H groups in total. The molecule has 0 aliphatic carbocycles. The van der Waals surface area contributed by atoms with E-state index >= 15 is 0 Å². The lowest BCUT2D eigenvalue weighted by atomic mass is 9.89. The van der Waals surface area contributed by atoms with Crippen LogP contribution in [0.25, 0.3) is 0 Å². The van der Waals surface area contributed by atoms with Crippen LogP contribution in [-0.4, -0.2) is 35.2 Å². The minimum Gasteiger partial charge on any atom is -0.379 e. The highest BCUT2D eigenvalue weighted by molar-refractivity contribution is 7.12. The summed E-state index contributed by atoms with van der Waals surface area (Å²) in [5.74, 6) is 1.19. The molecule has 3 rings (SSSR count). The smallest absolute Gasteiger partial charge is 0.269 e. The highest BCUT2D eigenvalue weighted by Gasteiger charge is 2.45. The minimum atomic E-state index is -0.837. The molecule has 0 bridgehead atoms. The molecule has 114 valence electrons. The van der Waals surface area contributed by atoms with Crippen molar-refractivity contribution < 1.29 is 9.63 Å². The molecule has 21 heavy (non-hydrogen) atoms. The number of nitrogens with zero attached hydrogens (tertiary/aromatic N) is 2. The van der Waals surface area contributed by atoms with E-state index in [2.05, 4.69) is 19.0 Å². The molecule has 5 heteroatoms. The summed E-state index contributed by atoms with van der Waals surface area (Å²) in [6.45, 7) is 7.94. The first-order valence-corrected chi connectivity index (χ1v) is 8.44. The van der Waals surface area contributed by atoms with Gasteiger partial charge in [0.15, 0.2) is 0 Å². The van der Waals surface area contributed by atoms with E-state index in [0.717, 1.165) is 23.7 Å². The van der Waals surface area contributed by atoms with Crippen LogP contribution in [0.4, 0.5) is 0 Å². The third-order valence-corrected chi connectivity index (χ3v) is 5.20. The maximum Gasteiger partial charge on any atom is 0.269 e. The van der Waals surface area contributed by atoms with Gasteiger partial charge in [-0.15, -0.1) is 11.3 Å². The van der Waals surface area contributed by atoms with Gasteiger partial charge in [-0.1, -0.05) is 25.1 Å². The number of rotatable bonds is 2. The molecular weight excluding hydrogens is 284 g/mol. The Labute approximate surface area is 129 Å². The predicted molar refractivity (Wildman–Crippen MR) is 84.5 cm³/mol. The average molecular weight is 306 g/mol. The van der Waals surface area contributed by atoms with Crippen molar-refractivity contribution in [1.82, 2.24) is 4.90 Å². The summed E-state index contributed by atoms with van der Waals surface area (Å²) in [6.07, 6.45) is 1.75. The molecule has 2 aliphatic rings. The Hall–Kier alpha value is -1.36.